The van der Waals surface area contributed by atoms with Gasteiger partial charge in [-0.15, -0.1) is 0 Å². The summed E-state index contributed by atoms with van der Waals surface area (Å²) in [5.74, 6) is -0.923. The number of esters is 2. The van der Waals surface area contributed by atoms with E-state index in [1.165, 1.54) is 31.3 Å². The van der Waals surface area contributed by atoms with Crippen LogP contribution in [0.15, 0.2) is 42.5 Å². The molecule has 30 heavy (non-hydrogen) atoms. The summed E-state index contributed by atoms with van der Waals surface area (Å²) in [6, 6.07) is 11.6. The third-order valence-corrected chi connectivity index (χ3v) is 4.28. The van der Waals surface area contributed by atoms with E-state index in [4.69, 9.17) is 18.9 Å². The van der Waals surface area contributed by atoms with Crippen LogP contribution in [-0.2, 0) is 19.1 Å². The second-order valence-corrected chi connectivity index (χ2v) is 6.20. The SMILES string of the molecule is CCOC(=O)CN(C(=O)COC(=O)c1cc(OC)c(C)c(OC)c1)c1ccccc1. The maximum Gasteiger partial charge on any atom is 0.338 e. The lowest BCUT2D eigenvalue weighted by molar-refractivity contribution is -0.142. The van der Waals surface area contributed by atoms with Crippen LogP contribution in [0, 0.1) is 6.92 Å². The van der Waals surface area contributed by atoms with Crippen molar-refractivity contribution in [1.82, 2.24) is 0 Å². The molecule has 2 rings (SSSR count). The Morgan fingerprint density at radius 2 is 1.53 bits per heavy atom. The first-order valence-corrected chi connectivity index (χ1v) is 9.32. The Labute approximate surface area is 175 Å². The van der Waals surface area contributed by atoms with Crippen LogP contribution in [-0.4, -0.2) is 51.8 Å². The molecular weight excluding hydrogens is 390 g/mol. The number of nitrogens with zero attached hydrogens (tertiary/aromatic N) is 1. The lowest BCUT2D eigenvalue weighted by atomic mass is 10.1. The first-order chi connectivity index (χ1) is 14.4. The molecule has 0 bridgehead atoms. The lowest BCUT2D eigenvalue weighted by Crippen LogP contribution is -2.39. The molecule has 2 aromatic carbocycles. The summed E-state index contributed by atoms with van der Waals surface area (Å²) in [5.41, 5.74) is 1.40. The normalized spacial score (nSPS) is 10.1. The van der Waals surface area contributed by atoms with E-state index < -0.39 is 24.5 Å². The molecule has 0 atom stereocenters. The number of anilines is 1. The average molecular weight is 415 g/mol. The smallest absolute Gasteiger partial charge is 0.338 e. The summed E-state index contributed by atoms with van der Waals surface area (Å²) in [6.45, 7) is 2.83. The number of rotatable bonds is 9. The first-order valence-electron chi connectivity index (χ1n) is 9.32. The Balaban J connectivity index is 2.14. The molecule has 0 fully saturated rings. The summed E-state index contributed by atoms with van der Waals surface area (Å²) in [4.78, 5) is 38.3. The lowest BCUT2D eigenvalue weighted by Gasteiger charge is -2.21. The standard InChI is InChI=1S/C22H25NO7/c1-5-29-21(25)13-23(17-9-7-6-8-10-17)20(24)14-30-22(26)16-11-18(27-3)15(2)19(12-16)28-4/h6-12H,5,13-14H2,1-4H3. The van der Waals surface area contributed by atoms with Crippen molar-refractivity contribution in [2.24, 2.45) is 0 Å². The number of amides is 1. The minimum Gasteiger partial charge on any atom is -0.496 e. The van der Waals surface area contributed by atoms with Crippen LogP contribution < -0.4 is 14.4 Å². The van der Waals surface area contributed by atoms with Gasteiger partial charge in [-0.25, -0.2) is 4.79 Å². The molecule has 0 radical (unpaired) electrons. The van der Waals surface area contributed by atoms with Crippen molar-refractivity contribution in [2.45, 2.75) is 13.8 Å². The van der Waals surface area contributed by atoms with Gasteiger partial charge in [-0.05, 0) is 38.1 Å². The highest BCUT2D eigenvalue weighted by Gasteiger charge is 2.22. The molecule has 0 aliphatic heterocycles. The van der Waals surface area contributed by atoms with Gasteiger partial charge < -0.3 is 18.9 Å². The van der Waals surface area contributed by atoms with Crippen LogP contribution >= 0.6 is 0 Å². The molecule has 1 amide bonds. The highest BCUT2D eigenvalue weighted by Crippen LogP contribution is 2.29. The van der Waals surface area contributed by atoms with E-state index in [9.17, 15) is 14.4 Å². The summed E-state index contributed by atoms with van der Waals surface area (Å²) in [5, 5.41) is 0. The van der Waals surface area contributed by atoms with Crippen LogP contribution in [0.4, 0.5) is 5.69 Å². The minimum atomic E-state index is -0.718. The van der Waals surface area contributed by atoms with Gasteiger partial charge in [0.2, 0.25) is 0 Å². The molecule has 0 saturated heterocycles. The molecule has 160 valence electrons. The molecule has 8 nitrogen and oxygen atoms in total. The molecule has 8 heteroatoms. The predicted octanol–water partition coefficient (Wildman–Crippen LogP) is 2.77. The van der Waals surface area contributed by atoms with Gasteiger partial charge in [0.1, 0.15) is 18.0 Å². The van der Waals surface area contributed by atoms with Gasteiger partial charge in [-0.3, -0.25) is 14.5 Å². The van der Waals surface area contributed by atoms with Crippen LogP contribution in [0.3, 0.4) is 0 Å². The summed E-state index contributed by atoms with van der Waals surface area (Å²) >= 11 is 0. The van der Waals surface area contributed by atoms with Crippen molar-refractivity contribution in [3.8, 4) is 11.5 Å². The van der Waals surface area contributed by atoms with Gasteiger partial charge in [-0.2, -0.15) is 0 Å². The van der Waals surface area contributed by atoms with Gasteiger partial charge in [0.05, 0.1) is 26.4 Å². The average Bonchev–Trinajstić information content (AvgIpc) is 2.76. The zero-order chi connectivity index (χ0) is 22.1. The number of hydrogen-bond acceptors (Lipinski definition) is 7. The Morgan fingerprint density at radius 3 is 2.07 bits per heavy atom. The molecule has 0 unspecified atom stereocenters. The maximum atomic E-state index is 12.7. The van der Waals surface area contributed by atoms with Crippen molar-refractivity contribution < 1.29 is 33.3 Å². The number of benzene rings is 2. The third-order valence-electron chi connectivity index (χ3n) is 4.28. The van der Waals surface area contributed by atoms with Crippen LogP contribution in [0.1, 0.15) is 22.8 Å². The fraction of sp³-hybridized carbons (Fsp3) is 0.318. The molecule has 0 aromatic heterocycles. The number of methoxy groups -OCH3 is 2. The molecule has 2 aromatic rings. The Bertz CT molecular complexity index is 871. The van der Waals surface area contributed by atoms with Crippen LogP contribution in [0.2, 0.25) is 0 Å². The van der Waals surface area contributed by atoms with Crippen LogP contribution in [0.5, 0.6) is 11.5 Å². The van der Waals surface area contributed by atoms with Crippen molar-refractivity contribution in [3.63, 3.8) is 0 Å². The first kappa shape index (κ1) is 22.7. The van der Waals surface area contributed by atoms with E-state index in [-0.39, 0.29) is 18.7 Å². The van der Waals surface area contributed by atoms with Gasteiger partial charge in [0, 0.05) is 11.3 Å². The topological polar surface area (TPSA) is 91.4 Å². The summed E-state index contributed by atoms with van der Waals surface area (Å²) in [7, 11) is 2.96. The van der Waals surface area contributed by atoms with Crippen molar-refractivity contribution in [3.05, 3.63) is 53.6 Å². The molecule has 0 aliphatic carbocycles. The second-order valence-electron chi connectivity index (χ2n) is 6.20. The van der Waals surface area contributed by atoms with Gasteiger partial charge in [0.25, 0.3) is 5.91 Å². The summed E-state index contributed by atoms with van der Waals surface area (Å²) < 4.78 is 20.6. The van der Waals surface area contributed by atoms with Gasteiger partial charge >= 0.3 is 11.9 Å². The second kappa shape index (κ2) is 10.8. The van der Waals surface area contributed by atoms with Gasteiger partial charge in [0.15, 0.2) is 6.61 Å². The maximum absolute atomic E-state index is 12.7. The number of para-hydroxylation sites is 1. The predicted molar refractivity (Wildman–Crippen MR) is 110 cm³/mol. The molecule has 0 N–H and O–H groups in total. The third kappa shape index (κ3) is 5.73. The van der Waals surface area contributed by atoms with E-state index in [1.54, 1.807) is 44.2 Å². The Morgan fingerprint density at radius 1 is 0.933 bits per heavy atom. The van der Waals surface area contributed by atoms with Crippen LogP contribution in [0.25, 0.3) is 0 Å². The van der Waals surface area contributed by atoms with Crippen molar-refractivity contribution >= 4 is 23.5 Å². The monoisotopic (exact) mass is 415 g/mol. The minimum absolute atomic E-state index is 0.179. The van der Waals surface area contributed by atoms with E-state index >= 15 is 0 Å². The number of ether oxygens (including phenoxy) is 4. The zero-order valence-corrected chi connectivity index (χ0v) is 17.5. The number of carbonyl (C=O) groups excluding carboxylic acids is 3. The van der Waals surface area contributed by atoms with Crippen molar-refractivity contribution in [1.29, 1.82) is 0 Å². The number of carbonyl (C=O) groups is 3. The molecule has 0 spiro atoms. The fourth-order valence-corrected chi connectivity index (χ4v) is 2.76. The molecule has 0 heterocycles. The fourth-order valence-electron chi connectivity index (χ4n) is 2.76. The molecule has 0 saturated carbocycles. The zero-order valence-electron chi connectivity index (χ0n) is 17.5. The van der Waals surface area contributed by atoms with E-state index in [0.717, 1.165) is 5.56 Å². The Kier molecular flexibility index (Phi) is 8.22. The van der Waals surface area contributed by atoms with E-state index in [0.29, 0.717) is 17.2 Å². The molecular formula is C22H25NO7. The largest absolute Gasteiger partial charge is 0.496 e. The van der Waals surface area contributed by atoms with Crippen molar-refractivity contribution in [2.75, 3.05) is 38.9 Å². The quantitative estimate of drug-likeness (QED) is 0.582. The highest BCUT2D eigenvalue weighted by molar-refractivity contribution is 6.00. The van der Waals surface area contributed by atoms with E-state index in [2.05, 4.69) is 0 Å². The number of hydrogen-bond donors (Lipinski definition) is 0. The van der Waals surface area contributed by atoms with Gasteiger partial charge in [-0.1, -0.05) is 18.2 Å². The Hall–Kier alpha value is -3.55. The highest BCUT2D eigenvalue weighted by atomic mass is 16.5. The summed E-state index contributed by atoms with van der Waals surface area (Å²) in [6.07, 6.45) is 0. The molecule has 0 aliphatic rings. The van der Waals surface area contributed by atoms with E-state index in [1.807, 2.05) is 0 Å².